The van der Waals surface area contributed by atoms with Crippen molar-refractivity contribution in [2.45, 2.75) is 19.0 Å². The van der Waals surface area contributed by atoms with Gasteiger partial charge in [-0.15, -0.1) is 0 Å². The molecule has 1 amide bonds. The van der Waals surface area contributed by atoms with Crippen LogP contribution in [0.15, 0.2) is 53.3 Å². The number of benzene rings is 2. The van der Waals surface area contributed by atoms with Crippen LogP contribution in [0.1, 0.15) is 6.42 Å². The number of fused-ring (bicyclic) bond motifs is 2. The minimum absolute atomic E-state index is 0.00952. The van der Waals surface area contributed by atoms with Crippen molar-refractivity contribution in [2.24, 2.45) is 0 Å². The summed E-state index contributed by atoms with van der Waals surface area (Å²) in [7, 11) is -3.05. The van der Waals surface area contributed by atoms with E-state index in [1.54, 1.807) is 24.3 Å². The summed E-state index contributed by atoms with van der Waals surface area (Å²) in [6.45, 7) is 0.0256. The summed E-state index contributed by atoms with van der Waals surface area (Å²) in [5.41, 5.74) is 1.31. The summed E-state index contributed by atoms with van der Waals surface area (Å²) in [6.07, 6.45) is 0.444. The van der Waals surface area contributed by atoms with Crippen LogP contribution in [0.5, 0.6) is 0 Å². The molecule has 0 spiro atoms. The van der Waals surface area contributed by atoms with Gasteiger partial charge in [-0.2, -0.15) is 0 Å². The lowest BCUT2D eigenvalue weighted by atomic mass is 10.1. The van der Waals surface area contributed by atoms with Gasteiger partial charge < -0.3 is 9.88 Å². The fourth-order valence-electron chi connectivity index (χ4n) is 3.57. The van der Waals surface area contributed by atoms with Crippen molar-refractivity contribution in [3.63, 3.8) is 0 Å². The van der Waals surface area contributed by atoms with E-state index in [0.717, 1.165) is 0 Å². The highest BCUT2D eigenvalue weighted by atomic mass is 32.2. The van der Waals surface area contributed by atoms with Crippen molar-refractivity contribution >= 4 is 37.6 Å². The molecular formula is C19H18N2O4S. The number of carbonyl (C=O) groups excluding carboxylic acids is 1. The van der Waals surface area contributed by atoms with Crippen LogP contribution in [-0.2, 0) is 21.2 Å². The van der Waals surface area contributed by atoms with Crippen LogP contribution in [0.25, 0.3) is 21.8 Å². The van der Waals surface area contributed by atoms with Gasteiger partial charge >= 0.3 is 0 Å². The number of hydrogen-bond acceptors (Lipinski definition) is 4. The number of rotatable bonds is 3. The lowest BCUT2D eigenvalue weighted by Gasteiger charge is -2.16. The van der Waals surface area contributed by atoms with Crippen molar-refractivity contribution in [3.05, 3.63) is 58.8 Å². The molecule has 1 fully saturated rings. The van der Waals surface area contributed by atoms with E-state index in [4.69, 9.17) is 0 Å². The first kappa shape index (κ1) is 16.8. The topological polar surface area (TPSA) is 85.2 Å². The Bertz CT molecular complexity index is 1120. The first-order valence-corrected chi connectivity index (χ1v) is 10.3. The average Bonchev–Trinajstić information content (AvgIpc) is 2.97. The fraction of sp³-hybridized carbons (Fsp3) is 0.263. The minimum Gasteiger partial charge on any atom is -0.351 e. The highest BCUT2D eigenvalue weighted by molar-refractivity contribution is 7.91. The molecule has 0 saturated carbocycles. The minimum atomic E-state index is -3.05. The van der Waals surface area contributed by atoms with E-state index < -0.39 is 9.84 Å². The molecule has 1 aliphatic heterocycles. The maximum absolute atomic E-state index is 12.7. The fourth-order valence-corrected chi connectivity index (χ4v) is 5.25. The smallest absolute Gasteiger partial charge is 0.240 e. The van der Waals surface area contributed by atoms with E-state index in [-0.39, 0.29) is 35.4 Å². The van der Waals surface area contributed by atoms with Crippen molar-refractivity contribution in [1.29, 1.82) is 0 Å². The summed E-state index contributed by atoms with van der Waals surface area (Å²) in [5.74, 6) is -0.155. The Morgan fingerprint density at radius 2 is 1.62 bits per heavy atom. The lowest BCUT2D eigenvalue weighted by molar-refractivity contribution is -0.122. The predicted octanol–water partition coefficient (Wildman–Crippen LogP) is 1.46. The third kappa shape index (κ3) is 2.99. The van der Waals surface area contributed by atoms with Crippen molar-refractivity contribution < 1.29 is 13.2 Å². The molecule has 7 heteroatoms. The molecule has 1 aromatic heterocycles. The zero-order valence-electron chi connectivity index (χ0n) is 14.0. The number of para-hydroxylation sites is 2. The van der Waals surface area contributed by atoms with Crippen LogP contribution in [0, 0.1) is 0 Å². The number of nitrogens with zero attached hydrogens (tertiary/aromatic N) is 1. The average molecular weight is 370 g/mol. The molecule has 2 aromatic carbocycles. The third-order valence-electron chi connectivity index (χ3n) is 4.78. The molecule has 1 saturated heterocycles. The predicted molar refractivity (Wildman–Crippen MR) is 101 cm³/mol. The van der Waals surface area contributed by atoms with E-state index >= 15 is 0 Å². The Kier molecular flexibility index (Phi) is 4.03. The molecule has 0 radical (unpaired) electrons. The Labute approximate surface area is 150 Å². The molecule has 2 heterocycles. The molecule has 0 aliphatic carbocycles. The summed E-state index contributed by atoms with van der Waals surface area (Å²) >= 11 is 0. The van der Waals surface area contributed by atoms with E-state index in [0.29, 0.717) is 28.2 Å². The van der Waals surface area contributed by atoms with Gasteiger partial charge in [-0.1, -0.05) is 24.3 Å². The van der Waals surface area contributed by atoms with E-state index in [9.17, 15) is 18.0 Å². The largest absolute Gasteiger partial charge is 0.351 e. The van der Waals surface area contributed by atoms with Gasteiger partial charge in [0, 0.05) is 16.8 Å². The van der Waals surface area contributed by atoms with Gasteiger partial charge in [-0.25, -0.2) is 8.42 Å². The van der Waals surface area contributed by atoms with Gasteiger partial charge in [0.05, 0.1) is 22.5 Å². The molecule has 6 nitrogen and oxygen atoms in total. The van der Waals surface area contributed by atoms with Crippen molar-refractivity contribution in [3.8, 4) is 0 Å². The first-order chi connectivity index (χ1) is 12.4. The maximum atomic E-state index is 12.7. The van der Waals surface area contributed by atoms with Crippen LogP contribution < -0.4 is 10.7 Å². The normalized spacial score (nSPS) is 19.0. The summed E-state index contributed by atoms with van der Waals surface area (Å²) in [6, 6.07) is 14.0. The number of aromatic nitrogens is 1. The van der Waals surface area contributed by atoms with E-state index in [1.165, 1.54) is 0 Å². The molecular weight excluding hydrogens is 352 g/mol. The second kappa shape index (κ2) is 6.25. The zero-order chi connectivity index (χ0) is 18.3. The Balaban J connectivity index is 1.74. The van der Waals surface area contributed by atoms with Crippen LogP contribution in [0.2, 0.25) is 0 Å². The molecule has 26 heavy (non-hydrogen) atoms. The summed E-state index contributed by atoms with van der Waals surface area (Å²) in [5, 5.41) is 3.93. The molecule has 4 rings (SSSR count). The lowest BCUT2D eigenvalue weighted by Crippen LogP contribution is -2.38. The quantitative estimate of drug-likeness (QED) is 0.708. The van der Waals surface area contributed by atoms with Gasteiger partial charge in [0.1, 0.15) is 6.54 Å². The molecule has 1 atom stereocenters. The van der Waals surface area contributed by atoms with Gasteiger partial charge in [-0.3, -0.25) is 9.59 Å². The number of hydrogen-bond donors (Lipinski definition) is 1. The molecule has 3 aromatic rings. The standard InChI is InChI=1S/C19H18N2O4S/c22-18(20-13-9-10-26(24,25)12-13)11-21-16-7-3-1-5-14(16)19(23)15-6-2-4-8-17(15)21/h1-8,13H,9-12H2,(H,20,22)/t13-/m1/s1. The Hall–Kier alpha value is -2.67. The molecule has 0 unspecified atom stereocenters. The van der Waals surface area contributed by atoms with Crippen LogP contribution >= 0.6 is 0 Å². The number of nitrogens with one attached hydrogen (secondary N) is 1. The zero-order valence-corrected chi connectivity index (χ0v) is 14.8. The number of pyridine rings is 1. The third-order valence-corrected chi connectivity index (χ3v) is 6.55. The maximum Gasteiger partial charge on any atom is 0.240 e. The monoisotopic (exact) mass is 370 g/mol. The van der Waals surface area contributed by atoms with Gasteiger partial charge in [0.2, 0.25) is 5.91 Å². The highest BCUT2D eigenvalue weighted by Crippen LogP contribution is 2.19. The molecule has 134 valence electrons. The van der Waals surface area contributed by atoms with Gasteiger partial charge in [-0.05, 0) is 30.7 Å². The number of carbonyl (C=O) groups is 1. The molecule has 1 N–H and O–H groups in total. The number of amides is 1. The van der Waals surface area contributed by atoms with E-state index in [1.807, 2.05) is 28.8 Å². The second-order valence-corrected chi connectivity index (χ2v) is 8.85. The van der Waals surface area contributed by atoms with Crippen LogP contribution in [0.3, 0.4) is 0 Å². The van der Waals surface area contributed by atoms with Crippen LogP contribution in [0.4, 0.5) is 0 Å². The Morgan fingerprint density at radius 1 is 1.04 bits per heavy atom. The Morgan fingerprint density at radius 3 is 2.15 bits per heavy atom. The van der Waals surface area contributed by atoms with Gasteiger partial charge in [0.25, 0.3) is 0 Å². The first-order valence-electron chi connectivity index (χ1n) is 8.45. The van der Waals surface area contributed by atoms with E-state index in [2.05, 4.69) is 5.32 Å². The highest BCUT2D eigenvalue weighted by Gasteiger charge is 2.29. The molecule has 0 bridgehead atoms. The second-order valence-electron chi connectivity index (χ2n) is 6.62. The van der Waals surface area contributed by atoms with Crippen molar-refractivity contribution in [1.82, 2.24) is 9.88 Å². The SMILES string of the molecule is O=C(Cn1c2ccccc2c(=O)c2ccccc21)N[C@@H]1CCS(=O)(=O)C1. The van der Waals surface area contributed by atoms with Gasteiger partial charge in [0.15, 0.2) is 15.3 Å². The summed E-state index contributed by atoms with van der Waals surface area (Å²) < 4.78 is 25.0. The number of sulfone groups is 1. The van der Waals surface area contributed by atoms with Crippen LogP contribution in [-0.4, -0.2) is 36.4 Å². The van der Waals surface area contributed by atoms with Crippen molar-refractivity contribution in [2.75, 3.05) is 11.5 Å². The summed E-state index contributed by atoms with van der Waals surface area (Å²) in [4.78, 5) is 25.2. The molecule has 1 aliphatic rings.